The highest BCUT2D eigenvalue weighted by Crippen LogP contribution is 2.45. The molecule has 0 heterocycles. The summed E-state index contributed by atoms with van der Waals surface area (Å²) >= 11 is 0. The van der Waals surface area contributed by atoms with E-state index >= 15 is 0 Å². The minimum atomic E-state index is -4.97. The number of hydrogen-bond donors (Lipinski definition) is 3. The number of rotatable bonds is 84. The molecule has 0 fully saturated rings. The van der Waals surface area contributed by atoms with Gasteiger partial charge in [-0.25, -0.2) is 9.13 Å². The Kier molecular flexibility index (Phi) is 74.3. The van der Waals surface area contributed by atoms with Crippen LogP contribution in [0.5, 0.6) is 0 Å². The average Bonchev–Trinajstić information content (AvgIpc) is 0.900. The van der Waals surface area contributed by atoms with Crippen LogP contribution in [0.15, 0.2) is 0 Å². The second-order valence-electron chi connectivity index (χ2n) is 33.0. The van der Waals surface area contributed by atoms with Gasteiger partial charge in [0.2, 0.25) is 0 Å². The van der Waals surface area contributed by atoms with Gasteiger partial charge in [0.15, 0.2) is 12.2 Å². The van der Waals surface area contributed by atoms with E-state index in [-0.39, 0.29) is 25.7 Å². The van der Waals surface area contributed by atoms with Crippen molar-refractivity contribution in [1.82, 2.24) is 0 Å². The number of carbonyl (C=O) groups is 4. The lowest BCUT2D eigenvalue weighted by atomic mass is 10.00. The summed E-state index contributed by atoms with van der Waals surface area (Å²) in [5, 5.41) is 10.7. The van der Waals surface area contributed by atoms with Crippen molar-refractivity contribution in [3.05, 3.63) is 0 Å². The predicted octanol–water partition coefficient (Wildman–Crippen LogP) is 26.3. The molecule has 0 aromatic heterocycles. The average molecular weight is 1550 g/mol. The molecule has 0 rings (SSSR count). The molecule has 0 saturated carbocycles. The Morgan fingerprint density at radius 1 is 0.264 bits per heavy atom. The van der Waals surface area contributed by atoms with Gasteiger partial charge in [-0.15, -0.1) is 0 Å². The summed E-state index contributed by atoms with van der Waals surface area (Å²) in [5.41, 5.74) is 0. The van der Waals surface area contributed by atoms with Crippen LogP contribution in [0.3, 0.4) is 0 Å². The van der Waals surface area contributed by atoms with Crippen molar-refractivity contribution in [3.8, 4) is 0 Å². The summed E-state index contributed by atoms with van der Waals surface area (Å²) in [6, 6.07) is 0. The molecular weight excluding hydrogens is 1380 g/mol. The van der Waals surface area contributed by atoms with Gasteiger partial charge in [-0.05, 0) is 49.4 Å². The molecule has 17 nitrogen and oxygen atoms in total. The number of ether oxygens (including phenoxy) is 4. The molecule has 0 spiro atoms. The fourth-order valence-electron chi connectivity index (χ4n) is 13.5. The molecule has 630 valence electrons. The number of carbonyl (C=O) groups excluding carboxylic acids is 4. The van der Waals surface area contributed by atoms with Crippen molar-refractivity contribution in [1.29, 1.82) is 0 Å². The third-order valence-electron chi connectivity index (χ3n) is 20.7. The highest BCUT2D eigenvalue weighted by Gasteiger charge is 2.31. The lowest BCUT2D eigenvalue weighted by molar-refractivity contribution is -0.161. The van der Waals surface area contributed by atoms with Crippen molar-refractivity contribution >= 4 is 39.5 Å². The van der Waals surface area contributed by atoms with Gasteiger partial charge in [-0.3, -0.25) is 37.3 Å². The van der Waals surface area contributed by atoms with Crippen LogP contribution in [-0.2, 0) is 65.4 Å². The number of aliphatic hydroxyl groups is 1. The van der Waals surface area contributed by atoms with Crippen molar-refractivity contribution in [2.24, 2.45) is 23.7 Å². The van der Waals surface area contributed by atoms with Gasteiger partial charge in [0, 0.05) is 25.7 Å². The normalized spacial score (nSPS) is 14.2. The van der Waals surface area contributed by atoms with E-state index in [0.29, 0.717) is 25.7 Å². The molecule has 0 aromatic rings. The molecule has 3 N–H and O–H groups in total. The number of aliphatic hydroxyl groups excluding tert-OH is 1. The van der Waals surface area contributed by atoms with E-state index in [1.165, 1.54) is 250 Å². The second kappa shape index (κ2) is 75.7. The van der Waals surface area contributed by atoms with Crippen LogP contribution in [0, 0.1) is 23.7 Å². The summed E-state index contributed by atoms with van der Waals surface area (Å²) in [7, 11) is -9.93. The highest BCUT2D eigenvalue weighted by molar-refractivity contribution is 7.47. The maximum atomic E-state index is 13.1. The van der Waals surface area contributed by atoms with Crippen molar-refractivity contribution < 1.29 is 80.2 Å². The fraction of sp³-hybridized carbons (Fsp3) is 0.954. The quantitative estimate of drug-likeness (QED) is 0.0222. The van der Waals surface area contributed by atoms with Crippen LogP contribution in [0.1, 0.15) is 453 Å². The monoisotopic (exact) mass is 1550 g/mol. The highest BCUT2D eigenvalue weighted by atomic mass is 31.2. The standard InChI is InChI=1S/C87H170O17P2/c1-9-80(8)66-58-50-45-46-52-60-68-85(90)98-74-83(104-87(92)69-61-53-43-37-31-25-19-15-14-17-22-28-34-40-48-56-64-78(4)5)76-102-106(95,96)100-72-81(88)71-99-105(93,94)101-75-82(103-86(91)70-62-54-44-38-32-26-20-23-29-35-41-49-57-65-79(6)7)73-97-84(89)67-59-51-42-36-30-24-18-13-11-10-12-16-21-27-33-39-47-55-63-77(2)3/h77-83,88H,9-76H2,1-8H3,(H,93,94)(H,95,96)/t80?,81-,82-,83-/m1/s1. The molecule has 0 aliphatic rings. The molecule has 0 bridgehead atoms. The van der Waals surface area contributed by atoms with Gasteiger partial charge in [0.25, 0.3) is 0 Å². The van der Waals surface area contributed by atoms with Crippen molar-refractivity contribution in [3.63, 3.8) is 0 Å². The van der Waals surface area contributed by atoms with E-state index in [9.17, 15) is 43.2 Å². The second-order valence-corrected chi connectivity index (χ2v) is 35.9. The fourth-order valence-corrected chi connectivity index (χ4v) is 15.0. The van der Waals surface area contributed by atoms with E-state index in [2.05, 4.69) is 55.4 Å². The predicted molar refractivity (Wildman–Crippen MR) is 437 cm³/mol. The third-order valence-corrected chi connectivity index (χ3v) is 22.6. The largest absolute Gasteiger partial charge is 0.472 e. The van der Waals surface area contributed by atoms with E-state index in [0.717, 1.165) is 120 Å². The smallest absolute Gasteiger partial charge is 0.462 e. The molecule has 0 aromatic carbocycles. The van der Waals surface area contributed by atoms with Gasteiger partial charge in [-0.1, -0.05) is 402 Å². The van der Waals surface area contributed by atoms with Crippen LogP contribution < -0.4 is 0 Å². The Hall–Kier alpha value is -1.94. The Morgan fingerprint density at radius 3 is 0.670 bits per heavy atom. The van der Waals surface area contributed by atoms with Crippen LogP contribution in [0.4, 0.5) is 0 Å². The SMILES string of the molecule is CCC(C)CCCCCCCCC(=O)OC[C@H](COP(=O)(O)OC[C@H](O)COP(=O)(O)OC[C@@H](COC(=O)CCCCCCCCCCCCCCCCCCCCC(C)C)OC(=O)CCCCCCCCCCCCCCCC(C)C)OC(=O)CCCCCCCCCCCCCCCCCCC(C)C. The van der Waals surface area contributed by atoms with E-state index < -0.39 is 97.5 Å². The lowest BCUT2D eigenvalue weighted by Gasteiger charge is -2.21. The van der Waals surface area contributed by atoms with Crippen LogP contribution in [0.2, 0.25) is 0 Å². The minimum absolute atomic E-state index is 0.107. The third kappa shape index (κ3) is 78.7. The van der Waals surface area contributed by atoms with Crippen molar-refractivity contribution in [2.75, 3.05) is 39.6 Å². The zero-order valence-corrected chi connectivity index (χ0v) is 71.9. The molecule has 6 atom stereocenters. The number of unbranched alkanes of at least 4 members (excludes halogenated alkanes) is 49. The summed E-state index contributed by atoms with van der Waals surface area (Å²) in [6.07, 6.45) is 65.3. The van der Waals surface area contributed by atoms with Gasteiger partial charge < -0.3 is 33.8 Å². The first-order valence-corrected chi connectivity index (χ1v) is 47.7. The lowest BCUT2D eigenvalue weighted by Crippen LogP contribution is -2.30. The topological polar surface area (TPSA) is 237 Å². The summed E-state index contributed by atoms with van der Waals surface area (Å²) < 4.78 is 68.9. The molecule has 0 radical (unpaired) electrons. The number of esters is 4. The number of hydrogen-bond acceptors (Lipinski definition) is 15. The van der Waals surface area contributed by atoms with E-state index in [4.69, 9.17) is 37.0 Å². The maximum absolute atomic E-state index is 13.1. The summed E-state index contributed by atoms with van der Waals surface area (Å²) in [4.78, 5) is 73.2. The first kappa shape index (κ1) is 104. The van der Waals surface area contributed by atoms with Crippen LogP contribution in [0.25, 0.3) is 0 Å². The Morgan fingerprint density at radius 2 is 0.453 bits per heavy atom. The zero-order valence-electron chi connectivity index (χ0n) is 70.1. The van der Waals surface area contributed by atoms with E-state index in [1.54, 1.807) is 0 Å². The minimum Gasteiger partial charge on any atom is -0.462 e. The van der Waals surface area contributed by atoms with Gasteiger partial charge >= 0.3 is 39.5 Å². The van der Waals surface area contributed by atoms with Gasteiger partial charge in [0.1, 0.15) is 19.3 Å². The molecule has 0 saturated heterocycles. The summed E-state index contributed by atoms with van der Waals surface area (Å²) in [6.45, 7) is 14.3. The van der Waals surface area contributed by atoms with Gasteiger partial charge in [0.05, 0.1) is 26.4 Å². The molecule has 0 aliphatic heterocycles. The first-order valence-electron chi connectivity index (χ1n) is 44.7. The van der Waals surface area contributed by atoms with Crippen LogP contribution >= 0.6 is 15.6 Å². The van der Waals surface area contributed by atoms with Crippen LogP contribution in [-0.4, -0.2) is 96.7 Å². The molecule has 0 amide bonds. The Labute approximate surface area is 651 Å². The van der Waals surface area contributed by atoms with Gasteiger partial charge in [-0.2, -0.15) is 0 Å². The Balaban J connectivity index is 5.21. The molecule has 0 aliphatic carbocycles. The van der Waals surface area contributed by atoms with Crippen molar-refractivity contribution in [2.45, 2.75) is 472 Å². The Bertz CT molecular complexity index is 2060. The number of phosphoric ester groups is 2. The first-order chi connectivity index (χ1) is 51.1. The molecular formula is C87H170O17P2. The summed E-state index contributed by atoms with van der Waals surface area (Å²) in [5.74, 6) is 1.04. The molecule has 19 heteroatoms. The molecule has 106 heavy (non-hydrogen) atoms. The van der Waals surface area contributed by atoms with E-state index in [1.807, 2.05) is 0 Å². The number of phosphoric acid groups is 2. The maximum Gasteiger partial charge on any atom is 0.472 e. The zero-order chi connectivity index (χ0) is 78.1. The molecule has 3 unspecified atom stereocenters.